The summed E-state index contributed by atoms with van der Waals surface area (Å²) in [6, 6.07) is 6.92. The lowest BCUT2D eigenvalue weighted by atomic mass is 10.2. The molecule has 0 heterocycles. The van der Waals surface area contributed by atoms with Crippen LogP contribution >= 0.6 is 23.5 Å². The van der Waals surface area contributed by atoms with Gasteiger partial charge in [-0.1, -0.05) is 12.1 Å². The molecule has 0 aliphatic heterocycles. The Kier molecular flexibility index (Phi) is 7.10. The molecular formula is C13H18F3NS2. The first-order valence-corrected chi connectivity index (χ1v) is 8.19. The molecule has 1 nitrogen and oxygen atoms in total. The Labute approximate surface area is 120 Å². The third-order valence-electron chi connectivity index (χ3n) is 2.57. The van der Waals surface area contributed by atoms with Crippen LogP contribution in [0, 0.1) is 0 Å². The van der Waals surface area contributed by atoms with Gasteiger partial charge in [0.25, 0.3) is 0 Å². The molecule has 1 aromatic carbocycles. The average molecular weight is 309 g/mol. The summed E-state index contributed by atoms with van der Waals surface area (Å²) in [7, 11) is 0. The second-order valence-electron chi connectivity index (χ2n) is 4.26. The molecule has 0 fully saturated rings. The molecule has 6 heteroatoms. The lowest BCUT2D eigenvalue weighted by molar-refractivity contribution is -0.0328. The van der Waals surface area contributed by atoms with Crippen molar-refractivity contribution in [3.05, 3.63) is 29.8 Å². The van der Waals surface area contributed by atoms with E-state index in [9.17, 15) is 13.2 Å². The molecule has 1 rings (SSSR count). The van der Waals surface area contributed by atoms with Crippen molar-refractivity contribution in [1.29, 1.82) is 0 Å². The Balaban J connectivity index is 2.40. The minimum atomic E-state index is -4.22. The van der Waals surface area contributed by atoms with Gasteiger partial charge in [0.2, 0.25) is 0 Å². The van der Waals surface area contributed by atoms with Gasteiger partial charge in [-0.2, -0.15) is 24.9 Å². The number of halogens is 3. The molecule has 1 atom stereocenters. The van der Waals surface area contributed by atoms with E-state index in [-0.39, 0.29) is 16.7 Å². The molecule has 0 spiro atoms. The van der Waals surface area contributed by atoms with Crippen LogP contribution < -0.4 is 5.32 Å². The lowest BCUT2D eigenvalue weighted by Gasteiger charge is -2.13. The maximum Gasteiger partial charge on any atom is 0.446 e. The minimum absolute atomic E-state index is 0.0782. The highest BCUT2D eigenvalue weighted by Crippen LogP contribution is 2.36. The van der Waals surface area contributed by atoms with Gasteiger partial charge in [0.1, 0.15) is 0 Å². The first kappa shape index (κ1) is 16.7. The summed E-state index contributed by atoms with van der Waals surface area (Å²) in [5.41, 5.74) is -3.21. The first-order chi connectivity index (χ1) is 8.90. The number of rotatable bonds is 7. The standard InChI is InChI=1S/C13H18F3NS2/c1-10(7-8-18-2)17-9-11-3-5-12(6-4-11)19-13(14,15)16/h3-6,10,17H,7-9H2,1-2H3. The fraction of sp³-hybridized carbons (Fsp3) is 0.538. The normalized spacial score (nSPS) is 13.5. The zero-order valence-electron chi connectivity index (χ0n) is 11.0. The van der Waals surface area contributed by atoms with E-state index >= 15 is 0 Å². The summed E-state index contributed by atoms with van der Waals surface area (Å²) < 4.78 is 36.5. The first-order valence-electron chi connectivity index (χ1n) is 5.97. The number of benzene rings is 1. The van der Waals surface area contributed by atoms with Crippen molar-refractivity contribution in [2.45, 2.75) is 36.3 Å². The molecule has 108 valence electrons. The fourth-order valence-electron chi connectivity index (χ4n) is 1.50. The van der Waals surface area contributed by atoms with Gasteiger partial charge in [-0.05, 0) is 54.8 Å². The van der Waals surface area contributed by atoms with Crippen LogP contribution in [0.4, 0.5) is 13.2 Å². The number of nitrogens with one attached hydrogen (secondary N) is 1. The van der Waals surface area contributed by atoms with E-state index in [1.807, 2.05) is 11.8 Å². The summed E-state index contributed by atoms with van der Waals surface area (Å²) in [5, 5.41) is 3.36. The number of alkyl halides is 3. The summed E-state index contributed by atoms with van der Waals surface area (Å²) in [5.74, 6) is 1.11. The molecule has 0 aliphatic rings. The smallest absolute Gasteiger partial charge is 0.310 e. The molecule has 1 N–H and O–H groups in total. The Hall–Kier alpha value is -0.330. The van der Waals surface area contributed by atoms with Gasteiger partial charge in [0, 0.05) is 17.5 Å². The quantitative estimate of drug-likeness (QED) is 0.743. The maximum absolute atomic E-state index is 12.2. The van der Waals surface area contributed by atoms with Gasteiger partial charge in [-0.15, -0.1) is 0 Å². The third-order valence-corrected chi connectivity index (χ3v) is 3.95. The van der Waals surface area contributed by atoms with Crippen LogP contribution in [0.25, 0.3) is 0 Å². The highest BCUT2D eigenvalue weighted by molar-refractivity contribution is 8.00. The highest BCUT2D eigenvalue weighted by atomic mass is 32.2. The molecule has 0 bridgehead atoms. The summed E-state index contributed by atoms with van der Waals surface area (Å²) in [6.07, 6.45) is 3.16. The van der Waals surface area contributed by atoms with Crippen molar-refractivity contribution in [3.8, 4) is 0 Å². The number of hydrogen-bond donors (Lipinski definition) is 1. The largest absolute Gasteiger partial charge is 0.446 e. The van der Waals surface area contributed by atoms with Crippen LogP contribution in [0.15, 0.2) is 29.2 Å². The van der Waals surface area contributed by atoms with E-state index in [1.165, 1.54) is 12.1 Å². The number of hydrogen-bond acceptors (Lipinski definition) is 3. The molecule has 1 unspecified atom stereocenters. The van der Waals surface area contributed by atoms with Crippen LogP contribution in [-0.2, 0) is 6.54 Å². The van der Waals surface area contributed by atoms with Crippen LogP contribution in [0.5, 0.6) is 0 Å². The van der Waals surface area contributed by atoms with Gasteiger partial charge in [-0.3, -0.25) is 0 Å². The Bertz CT molecular complexity index is 365. The van der Waals surface area contributed by atoms with Crippen molar-refractivity contribution in [3.63, 3.8) is 0 Å². The van der Waals surface area contributed by atoms with E-state index < -0.39 is 5.51 Å². The summed E-state index contributed by atoms with van der Waals surface area (Å²) >= 11 is 1.73. The van der Waals surface area contributed by atoms with Crippen LogP contribution in [-0.4, -0.2) is 23.6 Å². The molecular weight excluding hydrogens is 291 g/mol. The van der Waals surface area contributed by atoms with E-state index in [4.69, 9.17) is 0 Å². The van der Waals surface area contributed by atoms with Crippen molar-refractivity contribution in [2.24, 2.45) is 0 Å². The number of thioether (sulfide) groups is 2. The molecule has 0 aromatic heterocycles. The molecule has 0 saturated carbocycles. The van der Waals surface area contributed by atoms with Gasteiger partial charge >= 0.3 is 5.51 Å². The van der Waals surface area contributed by atoms with Gasteiger partial charge < -0.3 is 5.32 Å². The molecule has 0 aliphatic carbocycles. The van der Waals surface area contributed by atoms with Gasteiger partial charge in [-0.25, -0.2) is 0 Å². The van der Waals surface area contributed by atoms with Crippen molar-refractivity contribution >= 4 is 23.5 Å². The predicted molar refractivity (Wildman–Crippen MR) is 77.7 cm³/mol. The van der Waals surface area contributed by atoms with E-state index in [0.717, 1.165) is 17.7 Å². The lowest BCUT2D eigenvalue weighted by Crippen LogP contribution is -2.25. The van der Waals surface area contributed by atoms with Crippen LogP contribution in [0.3, 0.4) is 0 Å². The molecule has 1 aromatic rings. The van der Waals surface area contributed by atoms with Crippen molar-refractivity contribution < 1.29 is 13.2 Å². The van der Waals surface area contributed by atoms with E-state index in [1.54, 1.807) is 12.1 Å². The van der Waals surface area contributed by atoms with Gasteiger partial charge in [0.15, 0.2) is 0 Å². The topological polar surface area (TPSA) is 12.0 Å². The molecule has 0 radical (unpaired) electrons. The monoisotopic (exact) mass is 309 g/mol. The highest BCUT2D eigenvalue weighted by Gasteiger charge is 2.28. The Morgan fingerprint density at radius 3 is 2.37 bits per heavy atom. The third kappa shape index (κ3) is 7.74. The summed E-state index contributed by atoms with van der Waals surface area (Å²) in [4.78, 5) is 0.228. The van der Waals surface area contributed by atoms with Gasteiger partial charge in [0.05, 0.1) is 0 Å². The second kappa shape index (κ2) is 8.07. The molecule has 19 heavy (non-hydrogen) atoms. The van der Waals surface area contributed by atoms with E-state index in [2.05, 4.69) is 18.5 Å². The van der Waals surface area contributed by atoms with Crippen molar-refractivity contribution in [2.75, 3.05) is 12.0 Å². The zero-order chi connectivity index (χ0) is 14.3. The fourth-order valence-corrected chi connectivity index (χ4v) is 2.63. The maximum atomic E-state index is 12.2. The van der Waals surface area contributed by atoms with Crippen LogP contribution in [0.1, 0.15) is 18.9 Å². The van der Waals surface area contributed by atoms with Crippen molar-refractivity contribution in [1.82, 2.24) is 5.32 Å². The molecule has 0 amide bonds. The Morgan fingerprint density at radius 2 is 1.84 bits per heavy atom. The molecule has 0 saturated heterocycles. The minimum Gasteiger partial charge on any atom is -0.310 e. The van der Waals surface area contributed by atoms with Crippen LogP contribution in [0.2, 0.25) is 0 Å². The van der Waals surface area contributed by atoms with E-state index in [0.29, 0.717) is 12.6 Å². The second-order valence-corrected chi connectivity index (χ2v) is 6.38. The summed E-state index contributed by atoms with van der Waals surface area (Å²) in [6.45, 7) is 2.80. The predicted octanol–water partition coefficient (Wildman–Crippen LogP) is 4.53. The Morgan fingerprint density at radius 1 is 1.21 bits per heavy atom. The average Bonchev–Trinajstić information content (AvgIpc) is 2.33. The zero-order valence-corrected chi connectivity index (χ0v) is 12.6. The SMILES string of the molecule is CSCCC(C)NCc1ccc(SC(F)(F)F)cc1.